The normalized spacial score (nSPS) is 17.1. The van der Waals surface area contributed by atoms with E-state index in [0.29, 0.717) is 23.0 Å². The molecule has 5 nitrogen and oxygen atoms in total. The molecule has 146 valence electrons. The van der Waals surface area contributed by atoms with E-state index < -0.39 is 0 Å². The Hall–Kier alpha value is -3.21. The molecule has 1 saturated heterocycles. The minimum atomic E-state index is -0.123. The van der Waals surface area contributed by atoms with Gasteiger partial charge in [0.2, 0.25) is 5.95 Å². The molecular formula is C24H24N4O. The number of aromatic nitrogens is 3. The van der Waals surface area contributed by atoms with Crippen molar-refractivity contribution in [3.05, 3.63) is 65.1 Å². The third kappa shape index (κ3) is 3.16. The highest BCUT2D eigenvalue weighted by Crippen LogP contribution is 2.29. The van der Waals surface area contributed by atoms with Crippen LogP contribution >= 0.6 is 0 Å². The molecule has 3 heterocycles. The summed E-state index contributed by atoms with van der Waals surface area (Å²) in [4.78, 5) is 27.6. The van der Waals surface area contributed by atoms with Gasteiger partial charge in [0, 0.05) is 18.8 Å². The first kappa shape index (κ1) is 17.9. The maximum absolute atomic E-state index is 13.1. The summed E-state index contributed by atoms with van der Waals surface area (Å²) in [5.41, 5.74) is 2.25. The summed E-state index contributed by atoms with van der Waals surface area (Å²) in [6, 6.07) is 16.8. The van der Waals surface area contributed by atoms with E-state index in [0.717, 1.165) is 42.3 Å². The lowest BCUT2D eigenvalue weighted by Crippen LogP contribution is -2.41. The Bertz CT molecular complexity index is 1250. The summed E-state index contributed by atoms with van der Waals surface area (Å²) in [7, 11) is 0. The lowest BCUT2D eigenvalue weighted by Gasteiger charge is -2.35. The van der Waals surface area contributed by atoms with Crippen molar-refractivity contribution in [2.45, 2.75) is 38.6 Å². The van der Waals surface area contributed by atoms with Gasteiger partial charge in [-0.2, -0.15) is 4.98 Å². The van der Waals surface area contributed by atoms with Crippen LogP contribution in [0.4, 0.5) is 5.95 Å². The van der Waals surface area contributed by atoms with E-state index in [1.807, 2.05) is 18.2 Å². The van der Waals surface area contributed by atoms with Gasteiger partial charge in [-0.25, -0.2) is 4.98 Å². The lowest BCUT2D eigenvalue weighted by molar-refractivity contribution is 0.443. The number of H-pyrrole nitrogens is 1. The van der Waals surface area contributed by atoms with Gasteiger partial charge in [0.1, 0.15) is 0 Å². The standard InChI is InChI=1S/C24H24N4O/c1-2-19-9-5-6-14-28(19)24-26-22-21(23(29)27-24)20(12-13-25-22)18-11-10-16-7-3-4-8-17(16)15-18/h3-4,7-8,10-13,15,19H,2,5-6,9,14H2,1H3,(H,25,26,27,29). The maximum Gasteiger partial charge on any atom is 0.262 e. The van der Waals surface area contributed by atoms with E-state index >= 15 is 0 Å². The summed E-state index contributed by atoms with van der Waals surface area (Å²) in [5.74, 6) is 0.650. The number of aromatic amines is 1. The number of anilines is 1. The second-order valence-corrected chi connectivity index (χ2v) is 7.76. The number of hydrogen-bond acceptors (Lipinski definition) is 4. The molecule has 2 aromatic heterocycles. The van der Waals surface area contributed by atoms with Gasteiger partial charge in [-0.15, -0.1) is 0 Å². The van der Waals surface area contributed by atoms with Crippen molar-refractivity contribution >= 4 is 27.8 Å². The number of hydrogen-bond donors (Lipinski definition) is 1. The van der Waals surface area contributed by atoms with Crippen LogP contribution in [0.5, 0.6) is 0 Å². The van der Waals surface area contributed by atoms with Crippen molar-refractivity contribution in [2.24, 2.45) is 0 Å². The third-order valence-corrected chi connectivity index (χ3v) is 6.03. The quantitative estimate of drug-likeness (QED) is 0.545. The monoisotopic (exact) mass is 384 g/mol. The summed E-state index contributed by atoms with van der Waals surface area (Å²) in [6.07, 6.45) is 6.30. The second kappa shape index (κ2) is 7.32. The largest absolute Gasteiger partial charge is 0.339 e. The van der Waals surface area contributed by atoms with Gasteiger partial charge < -0.3 is 4.90 Å². The SMILES string of the molecule is CCC1CCCCN1c1nc2nccc(-c3ccc4ccccc4c3)c2c(=O)[nH]1. The number of rotatable bonds is 3. The molecule has 1 fully saturated rings. The van der Waals surface area contributed by atoms with Crippen LogP contribution < -0.4 is 10.5 Å². The Kier molecular flexibility index (Phi) is 4.51. The van der Waals surface area contributed by atoms with Gasteiger partial charge in [-0.1, -0.05) is 43.3 Å². The molecule has 1 aliphatic heterocycles. The van der Waals surface area contributed by atoms with Crippen LogP contribution in [0.2, 0.25) is 0 Å². The first-order valence-corrected chi connectivity index (χ1v) is 10.4. The Morgan fingerprint density at radius 1 is 1.10 bits per heavy atom. The summed E-state index contributed by atoms with van der Waals surface area (Å²) < 4.78 is 0. The molecule has 0 amide bonds. The van der Waals surface area contributed by atoms with Gasteiger partial charge in [0.15, 0.2) is 5.65 Å². The highest BCUT2D eigenvalue weighted by Gasteiger charge is 2.24. The van der Waals surface area contributed by atoms with Crippen molar-refractivity contribution in [1.29, 1.82) is 0 Å². The first-order valence-electron chi connectivity index (χ1n) is 10.4. The van der Waals surface area contributed by atoms with E-state index in [-0.39, 0.29) is 5.56 Å². The van der Waals surface area contributed by atoms with Crippen LogP contribution in [-0.4, -0.2) is 27.5 Å². The topological polar surface area (TPSA) is 61.9 Å². The summed E-state index contributed by atoms with van der Waals surface area (Å²) in [5, 5.41) is 2.88. The Balaban J connectivity index is 1.65. The van der Waals surface area contributed by atoms with Crippen LogP contribution in [0.25, 0.3) is 32.9 Å². The highest BCUT2D eigenvalue weighted by molar-refractivity contribution is 5.95. The zero-order valence-electron chi connectivity index (χ0n) is 16.6. The van der Waals surface area contributed by atoms with Crippen molar-refractivity contribution in [3.8, 4) is 11.1 Å². The highest BCUT2D eigenvalue weighted by atomic mass is 16.1. The molecule has 0 radical (unpaired) electrons. The molecule has 5 rings (SSSR count). The van der Waals surface area contributed by atoms with E-state index in [9.17, 15) is 4.79 Å². The van der Waals surface area contributed by atoms with Crippen molar-refractivity contribution < 1.29 is 0 Å². The summed E-state index contributed by atoms with van der Waals surface area (Å²) >= 11 is 0. The Morgan fingerprint density at radius 2 is 1.97 bits per heavy atom. The summed E-state index contributed by atoms with van der Waals surface area (Å²) in [6.45, 7) is 3.12. The smallest absolute Gasteiger partial charge is 0.262 e. The molecule has 0 saturated carbocycles. The van der Waals surface area contributed by atoms with E-state index in [1.165, 1.54) is 11.8 Å². The predicted octanol–water partition coefficient (Wildman–Crippen LogP) is 4.91. The van der Waals surface area contributed by atoms with Crippen LogP contribution in [-0.2, 0) is 0 Å². The van der Waals surface area contributed by atoms with E-state index in [2.05, 4.69) is 52.1 Å². The van der Waals surface area contributed by atoms with Crippen LogP contribution in [0.3, 0.4) is 0 Å². The molecule has 0 spiro atoms. The number of fused-ring (bicyclic) bond motifs is 2. The van der Waals surface area contributed by atoms with Crippen LogP contribution in [0.15, 0.2) is 59.5 Å². The molecule has 1 aliphatic rings. The first-order chi connectivity index (χ1) is 14.2. The predicted molar refractivity (Wildman–Crippen MR) is 118 cm³/mol. The maximum atomic E-state index is 13.1. The van der Waals surface area contributed by atoms with Crippen molar-refractivity contribution in [1.82, 2.24) is 15.0 Å². The number of nitrogens with zero attached hydrogens (tertiary/aromatic N) is 3. The molecule has 2 aromatic carbocycles. The van der Waals surface area contributed by atoms with Crippen molar-refractivity contribution in [3.63, 3.8) is 0 Å². The molecule has 29 heavy (non-hydrogen) atoms. The van der Waals surface area contributed by atoms with Crippen LogP contribution in [0.1, 0.15) is 32.6 Å². The molecule has 0 bridgehead atoms. The number of pyridine rings is 1. The zero-order valence-corrected chi connectivity index (χ0v) is 16.6. The van der Waals surface area contributed by atoms with Crippen LogP contribution in [0, 0.1) is 0 Å². The fourth-order valence-corrected chi connectivity index (χ4v) is 4.49. The molecule has 1 atom stereocenters. The Labute approximate surface area is 169 Å². The van der Waals surface area contributed by atoms with Crippen molar-refractivity contribution in [2.75, 3.05) is 11.4 Å². The number of nitrogens with one attached hydrogen (secondary N) is 1. The molecule has 1 N–H and O–H groups in total. The molecule has 0 aliphatic carbocycles. The van der Waals surface area contributed by atoms with Gasteiger partial charge in [0.05, 0.1) is 5.39 Å². The second-order valence-electron chi connectivity index (χ2n) is 7.76. The average Bonchev–Trinajstić information content (AvgIpc) is 2.78. The minimum Gasteiger partial charge on any atom is -0.339 e. The average molecular weight is 384 g/mol. The lowest BCUT2D eigenvalue weighted by atomic mass is 9.99. The third-order valence-electron chi connectivity index (χ3n) is 6.03. The van der Waals surface area contributed by atoms with Gasteiger partial charge in [0.25, 0.3) is 5.56 Å². The number of benzene rings is 2. The van der Waals surface area contributed by atoms with Gasteiger partial charge in [-0.3, -0.25) is 9.78 Å². The zero-order chi connectivity index (χ0) is 19.8. The van der Waals surface area contributed by atoms with E-state index in [4.69, 9.17) is 4.98 Å². The fraction of sp³-hybridized carbons (Fsp3) is 0.292. The Morgan fingerprint density at radius 3 is 2.83 bits per heavy atom. The molecule has 5 heteroatoms. The van der Waals surface area contributed by atoms with E-state index in [1.54, 1.807) is 6.20 Å². The van der Waals surface area contributed by atoms with Gasteiger partial charge in [-0.05, 0) is 59.7 Å². The minimum absolute atomic E-state index is 0.123. The molecular weight excluding hydrogens is 360 g/mol. The molecule has 4 aromatic rings. The fourth-order valence-electron chi connectivity index (χ4n) is 4.49. The number of piperidine rings is 1. The molecule has 1 unspecified atom stereocenters. The van der Waals surface area contributed by atoms with Gasteiger partial charge >= 0.3 is 0 Å².